The number of methoxy groups -OCH3 is 2. The molecule has 2 aromatic rings. The lowest BCUT2D eigenvalue weighted by Gasteiger charge is -2.20. The molecular weight excluding hydrogens is 346 g/mol. The summed E-state index contributed by atoms with van der Waals surface area (Å²) in [5, 5.41) is 8.92. The van der Waals surface area contributed by atoms with E-state index in [1.54, 1.807) is 50.4 Å². The van der Waals surface area contributed by atoms with Crippen LogP contribution in [0.3, 0.4) is 0 Å². The zero-order chi connectivity index (χ0) is 20.0. The van der Waals surface area contributed by atoms with Gasteiger partial charge >= 0.3 is 5.97 Å². The van der Waals surface area contributed by atoms with Gasteiger partial charge in [0.1, 0.15) is 0 Å². The minimum Gasteiger partial charge on any atom is -0.493 e. The average molecular weight is 371 g/mol. The number of hydrogen-bond acceptors (Lipinski definition) is 4. The van der Waals surface area contributed by atoms with Gasteiger partial charge in [-0.15, -0.1) is 0 Å². The Hall–Kier alpha value is -3.02. The van der Waals surface area contributed by atoms with Gasteiger partial charge in [-0.3, -0.25) is 4.79 Å². The fraction of sp³-hybridized carbons (Fsp3) is 0.333. The standard InChI is InChI=1S/C21H25NO5/c1-14-11-18(26-3)19(27-4)12-17(14)13-22(2)20(23)10-7-15-5-8-16(9-6-15)21(24)25/h5-6,8-9,11-12H,7,10,13H2,1-4H3,(H,24,25). The lowest BCUT2D eigenvalue weighted by Crippen LogP contribution is -2.26. The molecule has 0 fully saturated rings. The number of carbonyl (C=O) groups excluding carboxylic acids is 1. The molecular formula is C21H25NO5. The van der Waals surface area contributed by atoms with Crippen molar-refractivity contribution in [3.8, 4) is 11.5 Å². The highest BCUT2D eigenvalue weighted by Crippen LogP contribution is 2.30. The number of benzene rings is 2. The predicted octanol–water partition coefficient (Wildman–Crippen LogP) is 3.30. The van der Waals surface area contributed by atoms with Gasteiger partial charge in [0, 0.05) is 20.0 Å². The van der Waals surface area contributed by atoms with Crippen LogP contribution in [0.2, 0.25) is 0 Å². The lowest BCUT2D eigenvalue weighted by molar-refractivity contribution is -0.130. The Labute approximate surface area is 159 Å². The van der Waals surface area contributed by atoms with E-state index in [1.807, 2.05) is 19.1 Å². The molecule has 0 saturated heterocycles. The normalized spacial score (nSPS) is 10.4. The second-order valence-corrected chi connectivity index (χ2v) is 6.39. The molecule has 6 nitrogen and oxygen atoms in total. The Morgan fingerprint density at radius 2 is 1.63 bits per heavy atom. The van der Waals surface area contributed by atoms with E-state index in [9.17, 15) is 9.59 Å². The summed E-state index contributed by atoms with van der Waals surface area (Å²) in [4.78, 5) is 25.0. The van der Waals surface area contributed by atoms with Crippen LogP contribution in [0.1, 0.15) is 33.5 Å². The third-order valence-electron chi connectivity index (χ3n) is 4.50. The number of carboxylic acid groups (broad SMARTS) is 1. The highest BCUT2D eigenvalue weighted by atomic mass is 16.5. The summed E-state index contributed by atoms with van der Waals surface area (Å²) in [5.41, 5.74) is 3.20. The first kappa shape index (κ1) is 20.3. The Kier molecular flexibility index (Phi) is 6.82. The SMILES string of the molecule is COc1cc(C)c(CN(C)C(=O)CCc2ccc(C(=O)O)cc2)cc1OC. The summed E-state index contributed by atoms with van der Waals surface area (Å²) >= 11 is 0. The minimum atomic E-state index is -0.956. The van der Waals surface area contributed by atoms with Crippen LogP contribution < -0.4 is 9.47 Å². The average Bonchev–Trinajstić information content (AvgIpc) is 2.67. The van der Waals surface area contributed by atoms with Gasteiger partial charge in [-0.25, -0.2) is 4.79 Å². The fourth-order valence-corrected chi connectivity index (χ4v) is 2.79. The van der Waals surface area contributed by atoms with E-state index < -0.39 is 5.97 Å². The molecule has 0 aliphatic rings. The highest BCUT2D eigenvalue weighted by molar-refractivity contribution is 5.87. The van der Waals surface area contributed by atoms with Gasteiger partial charge in [0.25, 0.3) is 0 Å². The maximum Gasteiger partial charge on any atom is 0.335 e. The van der Waals surface area contributed by atoms with E-state index in [2.05, 4.69) is 0 Å². The summed E-state index contributed by atoms with van der Waals surface area (Å²) in [5.74, 6) is 0.365. The monoisotopic (exact) mass is 371 g/mol. The van der Waals surface area contributed by atoms with E-state index in [-0.39, 0.29) is 11.5 Å². The van der Waals surface area contributed by atoms with Crippen LogP contribution in [0, 0.1) is 6.92 Å². The molecule has 0 atom stereocenters. The topological polar surface area (TPSA) is 76.1 Å². The summed E-state index contributed by atoms with van der Waals surface area (Å²) < 4.78 is 10.6. The van der Waals surface area contributed by atoms with E-state index in [4.69, 9.17) is 14.6 Å². The summed E-state index contributed by atoms with van der Waals surface area (Å²) in [6.45, 7) is 2.45. The zero-order valence-corrected chi connectivity index (χ0v) is 16.1. The number of carbonyl (C=O) groups is 2. The number of rotatable bonds is 8. The number of amides is 1. The van der Waals surface area contributed by atoms with Crippen LogP contribution in [0.15, 0.2) is 36.4 Å². The predicted molar refractivity (Wildman–Crippen MR) is 102 cm³/mol. The Bertz CT molecular complexity index is 814. The molecule has 144 valence electrons. The molecule has 0 unspecified atom stereocenters. The van der Waals surface area contributed by atoms with Gasteiger partial charge in [0.2, 0.25) is 5.91 Å². The molecule has 0 aliphatic carbocycles. The van der Waals surface area contributed by atoms with Gasteiger partial charge in [0.15, 0.2) is 11.5 Å². The Morgan fingerprint density at radius 3 is 2.19 bits per heavy atom. The van der Waals surface area contributed by atoms with Crippen molar-refractivity contribution < 1.29 is 24.2 Å². The van der Waals surface area contributed by atoms with Crippen molar-refractivity contribution in [3.05, 3.63) is 58.7 Å². The molecule has 1 amide bonds. The number of ether oxygens (including phenoxy) is 2. The number of nitrogens with zero attached hydrogens (tertiary/aromatic N) is 1. The maximum atomic E-state index is 12.5. The molecule has 0 heterocycles. The van der Waals surface area contributed by atoms with Crippen LogP contribution >= 0.6 is 0 Å². The molecule has 0 saturated carbocycles. The van der Waals surface area contributed by atoms with E-state index in [0.717, 1.165) is 16.7 Å². The largest absolute Gasteiger partial charge is 0.493 e. The molecule has 0 spiro atoms. The second kappa shape index (κ2) is 9.07. The number of carboxylic acids is 1. The molecule has 0 aliphatic heterocycles. The molecule has 27 heavy (non-hydrogen) atoms. The first-order valence-electron chi connectivity index (χ1n) is 8.63. The van der Waals surface area contributed by atoms with Crippen LogP contribution in [0.5, 0.6) is 11.5 Å². The van der Waals surface area contributed by atoms with Crippen LogP contribution in [0.4, 0.5) is 0 Å². The Morgan fingerprint density at radius 1 is 1.04 bits per heavy atom. The molecule has 1 N–H and O–H groups in total. The van der Waals surface area contributed by atoms with Crippen molar-refractivity contribution in [2.24, 2.45) is 0 Å². The summed E-state index contributed by atoms with van der Waals surface area (Å²) in [6, 6.07) is 10.4. The van der Waals surface area contributed by atoms with Gasteiger partial charge < -0.3 is 19.5 Å². The van der Waals surface area contributed by atoms with Gasteiger partial charge in [-0.05, 0) is 54.3 Å². The van der Waals surface area contributed by atoms with E-state index in [1.165, 1.54) is 0 Å². The molecule has 2 aromatic carbocycles. The molecule has 0 radical (unpaired) electrons. The smallest absolute Gasteiger partial charge is 0.335 e. The van der Waals surface area contributed by atoms with Crippen molar-refractivity contribution in [1.29, 1.82) is 0 Å². The second-order valence-electron chi connectivity index (χ2n) is 6.39. The molecule has 2 rings (SSSR count). The first-order chi connectivity index (χ1) is 12.8. The van der Waals surface area contributed by atoms with Crippen LogP contribution in [-0.4, -0.2) is 43.2 Å². The van der Waals surface area contributed by atoms with Crippen LogP contribution in [0.25, 0.3) is 0 Å². The van der Waals surface area contributed by atoms with Crippen LogP contribution in [-0.2, 0) is 17.8 Å². The molecule has 0 bridgehead atoms. The van der Waals surface area contributed by atoms with Crippen molar-refractivity contribution >= 4 is 11.9 Å². The van der Waals surface area contributed by atoms with Crippen molar-refractivity contribution in [2.75, 3.05) is 21.3 Å². The van der Waals surface area contributed by atoms with Gasteiger partial charge in [-0.1, -0.05) is 12.1 Å². The highest BCUT2D eigenvalue weighted by Gasteiger charge is 2.14. The maximum absolute atomic E-state index is 12.5. The first-order valence-corrected chi connectivity index (χ1v) is 8.63. The van der Waals surface area contributed by atoms with E-state index >= 15 is 0 Å². The van der Waals surface area contributed by atoms with Gasteiger partial charge in [0.05, 0.1) is 19.8 Å². The van der Waals surface area contributed by atoms with Crippen molar-refractivity contribution in [3.63, 3.8) is 0 Å². The lowest BCUT2D eigenvalue weighted by atomic mass is 10.1. The quantitative estimate of drug-likeness (QED) is 0.770. The van der Waals surface area contributed by atoms with Crippen molar-refractivity contribution in [2.45, 2.75) is 26.3 Å². The summed E-state index contributed by atoms with van der Waals surface area (Å²) in [6.07, 6.45) is 0.920. The third kappa shape index (κ3) is 5.23. The zero-order valence-electron chi connectivity index (χ0n) is 16.1. The third-order valence-corrected chi connectivity index (χ3v) is 4.50. The van der Waals surface area contributed by atoms with Gasteiger partial charge in [-0.2, -0.15) is 0 Å². The van der Waals surface area contributed by atoms with Crippen molar-refractivity contribution in [1.82, 2.24) is 4.90 Å². The Balaban J connectivity index is 1.98. The fourth-order valence-electron chi connectivity index (χ4n) is 2.79. The number of aryl methyl sites for hydroxylation is 2. The number of aromatic carboxylic acids is 1. The number of hydrogen-bond donors (Lipinski definition) is 1. The molecule has 0 aromatic heterocycles. The van der Waals surface area contributed by atoms with E-state index in [0.29, 0.717) is 30.9 Å². The minimum absolute atomic E-state index is 0.0199. The summed E-state index contributed by atoms with van der Waals surface area (Å²) in [7, 11) is 4.95. The molecule has 6 heteroatoms.